The lowest BCUT2D eigenvalue weighted by Crippen LogP contribution is -2.12. The van der Waals surface area contributed by atoms with Gasteiger partial charge in [0.05, 0.1) is 5.69 Å². The Morgan fingerprint density at radius 3 is 1.73 bits per heavy atom. The first kappa shape index (κ1) is 19.0. The predicted molar refractivity (Wildman–Crippen MR) is 85.5 cm³/mol. The number of anilines is 2. The number of carbonyl (C=O) groups excluding carboxylic acids is 2. The van der Waals surface area contributed by atoms with Gasteiger partial charge in [0.25, 0.3) is 0 Å². The van der Waals surface area contributed by atoms with Crippen molar-refractivity contribution in [3.63, 3.8) is 0 Å². The Hall–Kier alpha value is -3.30. The van der Waals surface area contributed by atoms with Crippen molar-refractivity contribution in [3.05, 3.63) is 47.5 Å². The summed E-state index contributed by atoms with van der Waals surface area (Å²) in [6, 6.07) is 5.62. The zero-order valence-corrected chi connectivity index (χ0v) is 13.5. The molecule has 0 bridgehead atoms. The highest BCUT2D eigenvalue weighted by molar-refractivity contribution is 5.89. The Morgan fingerprint density at radius 2 is 1.27 bits per heavy atom. The topological polar surface area (TPSA) is 82.9 Å². The van der Waals surface area contributed by atoms with E-state index in [2.05, 4.69) is 15.5 Å². The van der Waals surface area contributed by atoms with Gasteiger partial charge in [-0.15, -0.1) is 5.11 Å². The highest BCUT2D eigenvalue weighted by Crippen LogP contribution is 2.34. The Bertz CT molecular complexity index is 869. The third kappa shape index (κ3) is 4.21. The fourth-order valence-electron chi connectivity index (χ4n) is 1.92. The number of rotatable bonds is 4. The highest BCUT2D eigenvalue weighted by Gasteiger charge is 2.26. The quantitative estimate of drug-likeness (QED) is 0.471. The molecule has 136 valence electrons. The Kier molecular flexibility index (Phi) is 5.65. The number of hydrogen-bond donors (Lipinski definition) is 2. The molecule has 0 heterocycles. The first-order valence-electron chi connectivity index (χ1n) is 7.13. The molecule has 2 aromatic rings. The van der Waals surface area contributed by atoms with Crippen LogP contribution in [0.2, 0.25) is 0 Å². The van der Waals surface area contributed by atoms with Gasteiger partial charge in [0.1, 0.15) is 5.69 Å². The molecule has 6 nitrogen and oxygen atoms in total. The number of benzene rings is 2. The van der Waals surface area contributed by atoms with Crippen molar-refractivity contribution in [2.45, 2.75) is 13.8 Å². The summed E-state index contributed by atoms with van der Waals surface area (Å²) in [6.07, 6.45) is 0. The molecule has 0 fully saturated rings. The molecule has 0 unspecified atom stereocenters. The molecule has 0 aliphatic heterocycles. The second-order valence-electron chi connectivity index (χ2n) is 5.09. The van der Waals surface area contributed by atoms with Gasteiger partial charge in [-0.05, 0) is 24.3 Å². The van der Waals surface area contributed by atoms with E-state index in [1.54, 1.807) is 5.32 Å². The zero-order chi connectivity index (χ0) is 19.4. The summed E-state index contributed by atoms with van der Waals surface area (Å²) in [5, 5.41) is 10.9. The van der Waals surface area contributed by atoms with Gasteiger partial charge < -0.3 is 10.6 Å². The third-order valence-corrected chi connectivity index (χ3v) is 2.99. The Balaban J connectivity index is 2.36. The zero-order valence-electron chi connectivity index (χ0n) is 13.5. The second kappa shape index (κ2) is 7.72. The minimum Gasteiger partial charge on any atom is -0.326 e. The minimum absolute atomic E-state index is 0.115. The number of halogens is 4. The van der Waals surface area contributed by atoms with Gasteiger partial charge in [0.15, 0.2) is 29.0 Å². The van der Waals surface area contributed by atoms with Crippen LogP contribution in [-0.4, -0.2) is 11.8 Å². The number of carbonyl (C=O) groups is 2. The first-order chi connectivity index (χ1) is 12.2. The maximum absolute atomic E-state index is 13.9. The number of azo groups is 1. The van der Waals surface area contributed by atoms with Crippen molar-refractivity contribution in [3.8, 4) is 0 Å². The second-order valence-corrected chi connectivity index (χ2v) is 5.09. The summed E-state index contributed by atoms with van der Waals surface area (Å²) < 4.78 is 55.5. The van der Waals surface area contributed by atoms with E-state index >= 15 is 0 Å². The highest BCUT2D eigenvalue weighted by atomic mass is 19.2. The van der Waals surface area contributed by atoms with Crippen molar-refractivity contribution in [2.75, 3.05) is 10.6 Å². The van der Waals surface area contributed by atoms with Crippen LogP contribution in [0, 0.1) is 23.3 Å². The molecule has 0 radical (unpaired) electrons. The van der Waals surface area contributed by atoms with Gasteiger partial charge in [-0.2, -0.15) is 5.11 Å². The minimum atomic E-state index is -1.80. The molecule has 0 aliphatic rings. The summed E-state index contributed by atoms with van der Waals surface area (Å²) in [5.41, 5.74) is -1.96. The van der Waals surface area contributed by atoms with Gasteiger partial charge in [-0.1, -0.05) is 0 Å². The van der Waals surface area contributed by atoms with Crippen LogP contribution in [0.25, 0.3) is 0 Å². The van der Waals surface area contributed by atoms with E-state index in [4.69, 9.17) is 0 Å². The number of amides is 2. The molecule has 0 aliphatic carbocycles. The first-order valence-corrected chi connectivity index (χ1v) is 7.13. The third-order valence-electron chi connectivity index (χ3n) is 2.99. The van der Waals surface area contributed by atoms with Crippen LogP contribution >= 0.6 is 0 Å². The summed E-state index contributed by atoms with van der Waals surface area (Å²) >= 11 is 0. The van der Waals surface area contributed by atoms with Crippen LogP contribution in [0.3, 0.4) is 0 Å². The molecular formula is C16H12F4N4O2. The average Bonchev–Trinajstić information content (AvgIpc) is 2.57. The number of nitrogens with one attached hydrogen (secondary N) is 2. The molecule has 0 aromatic heterocycles. The van der Waals surface area contributed by atoms with Crippen molar-refractivity contribution < 1.29 is 27.2 Å². The largest absolute Gasteiger partial charge is 0.326 e. The normalized spacial score (nSPS) is 10.8. The summed E-state index contributed by atoms with van der Waals surface area (Å²) in [6.45, 7) is 2.24. The van der Waals surface area contributed by atoms with E-state index in [1.807, 2.05) is 0 Å². The summed E-state index contributed by atoms with van der Waals surface area (Å²) in [7, 11) is 0. The molecule has 2 rings (SSSR count). The van der Waals surface area contributed by atoms with Gasteiger partial charge >= 0.3 is 0 Å². The monoisotopic (exact) mass is 368 g/mol. The van der Waals surface area contributed by atoms with Crippen molar-refractivity contribution in [1.29, 1.82) is 0 Å². The van der Waals surface area contributed by atoms with E-state index in [0.717, 1.165) is 6.92 Å². The fourth-order valence-corrected chi connectivity index (χ4v) is 1.92. The molecule has 0 atom stereocenters. The standard InChI is InChI=1S/C16H12F4N4O2/c1-7(25)21-9-3-5-10(6-4-9)23-24-16-13(19)11(17)15(22-8(2)26)12(18)14(16)20/h3-6H,1-2H3,(H,21,25)(H,22,26). The maximum Gasteiger partial charge on any atom is 0.221 e. The Labute approximate surface area is 144 Å². The van der Waals surface area contributed by atoms with E-state index in [0.29, 0.717) is 5.69 Å². The molecule has 26 heavy (non-hydrogen) atoms. The summed E-state index contributed by atoms with van der Waals surface area (Å²) in [5.74, 6) is -8.40. The maximum atomic E-state index is 13.9. The molecule has 10 heteroatoms. The average molecular weight is 368 g/mol. The molecule has 2 aromatic carbocycles. The van der Waals surface area contributed by atoms with Crippen LogP contribution in [0.1, 0.15) is 13.8 Å². The number of nitrogens with zero attached hydrogens (tertiary/aromatic N) is 2. The lowest BCUT2D eigenvalue weighted by atomic mass is 10.2. The predicted octanol–water partition coefficient (Wildman–Crippen LogP) is 4.58. The van der Waals surface area contributed by atoms with Gasteiger partial charge in [0, 0.05) is 19.5 Å². The SMILES string of the molecule is CC(=O)Nc1ccc(N=Nc2c(F)c(F)c(NC(C)=O)c(F)c2F)cc1. The molecule has 0 spiro atoms. The fraction of sp³-hybridized carbons (Fsp3) is 0.125. The molecule has 0 saturated carbocycles. The van der Waals surface area contributed by atoms with Crippen LogP contribution in [-0.2, 0) is 9.59 Å². The molecule has 2 amide bonds. The molecule has 0 saturated heterocycles. The lowest BCUT2D eigenvalue weighted by molar-refractivity contribution is -0.115. The van der Waals surface area contributed by atoms with Crippen LogP contribution in [0.15, 0.2) is 34.5 Å². The van der Waals surface area contributed by atoms with E-state index in [1.165, 1.54) is 31.2 Å². The Morgan fingerprint density at radius 1 is 0.769 bits per heavy atom. The smallest absolute Gasteiger partial charge is 0.221 e. The van der Waals surface area contributed by atoms with Crippen LogP contribution in [0.5, 0.6) is 0 Å². The van der Waals surface area contributed by atoms with Crippen molar-refractivity contribution in [2.24, 2.45) is 10.2 Å². The van der Waals surface area contributed by atoms with Crippen LogP contribution in [0.4, 0.5) is 40.3 Å². The van der Waals surface area contributed by atoms with Crippen LogP contribution < -0.4 is 10.6 Å². The van der Waals surface area contributed by atoms with E-state index in [-0.39, 0.29) is 11.6 Å². The van der Waals surface area contributed by atoms with E-state index in [9.17, 15) is 27.2 Å². The van der Waals surface area contributed by atoms with Crippen molar-refractivity contribution in [1.82, 2.24) is 0 Å². The molecule has 2 N–H and O–H groups in total. The van der Waals surface area contributed by atoms with E-state index < -0.39 is 40.6 Å². The van der Waals surface area contributed by atoms with Crippen molar-refractivity contribution >= 4 is 34.6 Å². The van der Waals surface area contributed by atoms with Gasteiger partial charge in [-0.25, -0.2) is 17.6 Å². The lowest BCUT2D eigenvalue weighted by Gasteiger charge is -2.09. The number of hydrogen-bond acceptors (Lipinski definition) is 4. The van der Waals surface area contributed by atoms with Gasteiger partial charge in [-0.3, -0.25) is 9.59 Å². The molecular weight excluding hydrogens is 356 g/mol. The summed E-state index contributed by atoms with van der Waals surface area (Å²) in [4.78, 5) is 21.8. The van der Waals surface area contributed by atoms with Gasteiger partial charge in [0.2, 0.25) is 11.8 Å².